The Hall–Kier alpha value is -1.65. The zero-order valence-corrected chi connectivity index (χ0v) is 11.2. The first kappa shape index (κ1) is 12.4. The second kappa shape index (κ2) is 4.79. The number of hydrogen-bond donors (Lipinski definition) is 2. The summed E-state index contributed by atoms with van der Waals surface area (Å²) in [5.74, 6) is 5.86. The predicted molar refractivity (Wildman–Crippen MR) is 75.2 cm³/mol. The minimum atomic E-state index is 0.110. The minimum absolute atomic E-state index is 0.110. The summed E-state index contributed by atoms with van der Waals surface area (Å²) in [5, 5.41) is 4.27. The molecule has 1 saturated carbocycles. The van der Waals surface area contributed by atoms with E-state index in [9.17, 15) is 0 Å². The molecule has 3 rings (SSSR count). The van der Waals surface area contributed by atoms with Crippen molar-refractivity contribution in [2.24, 2.45) is 12.9 Å². The molecule has 0 spiro atoms. The molecule has 1 aliphatic carbocycles. The predicted octanol–water partition coefficient (Wildman–Crippen LogP) is 2.05. The SMILES string of the molecule is Cn1cc(C(NN)C2(c3ccccc3)CCC2)cn1. The molecule has 19 heavy (non-hydrogen) atoms. The molecule has 0 bridgehead atoms. The molecule has 100 valence electrons. The fraction of sp³-hybridized carbons (Fsp3) is 0.400. The van der Waals surface area contributed by atoms with Crippen molar-refractivity contribution in [1.29, 1.82) is 0 Å². The Kier molecular flexibility index (Phi) is 3.12. The maximum atomic E-state index is 5.86. The molecule has 1 atom stereocenters. The highest BCUT2D eigenvalue weighted by Crippen LogP contribution is 2.51. The Balaban J connectivity index is 2.01. The summed E-state index contributed by atoms with van der Waals surface area (Å²) in [6, 6.07) is 10.8. The Morgan fingerprint density at radius 3 is 2.53 bits per heavy atom. The minimum Gasteiger partial charge on any atom is -0.275 e. The number of aromatic nitrogens is 2. The van der Waals surface area contributed by atoms with Gasteiger partial charge in [0.15, 0.2) is 0 Å². The van der Waals surface area contributed by atoms with Gasteiger partial charge >= 0.3 is 0 Å². The fourth-order valence-corrected chi connectivity index (χ4v) is 3.24. The van der Waals surface area contributed by atoms with Gasteiger partial charge in [-0.15, -0.1) is 0 Å². The number of benzene rings is 1. The number of rotatable bonds is 4. The molecule has 2 aromatic rings. The van der Waals surface area contributed by atoms with E-state index in [4.69, 9.17) is 5.84 Å². The van der Waals surface area contributed by atoms with Crippen LogP contribution < -0.4 is 11.3 Å². The Morgan fingerprint density at radius 1 is 1.32 bits per heavy atom. The highest BCUT2D eigenvalue weighted by molar-refractivity contribution is 5.34. The van der Waals surface area contributed by atoms with E-state index in [1.807, 2.05) is 24.1 Å². The van der Waals surface area contributed by atoms with Crippen molar-refractivity contribution in [1.82, 2.24) is 15.2 Å². The van der Waals surface area contributed by atoms with E-state index in [1.54, 1.807) is 0 Å². The van der Waals surface area contributed by atoms with E-state index in [0.29, 0.717) is 0 Å². The zero-order valence-electron chi connectivity index (χ0n) is 11.2. The van der Waals surface area contributed by atoms with Crippen molar-refractivity contribution < 1.29 is 0 Å². The lowest BCUT2D eigenvalue weighted by atomic mass is 9.59. The number of nitrogens with two attached hydrogens (primary N) is 1. The van der Waals surface area contributed by atoms with Gasteiger partial charge in [0.25, 0.3) is 0 Å². The summed E-state index contributed by atoms with van der Waals surface area (Å²) >= 11 is 0. The lowest BCUT2D eigenvalue weighted by Crippen LogP contribution is -2.48. The van der Waals surface area contributed by atoms with Crippen LogP contribution in [0, 0.1) is 0 Å². The summed E-state index contributed by atoms with van der Waals surface area (Å²) < 4.78 is 1.83. The van der Waals surface area contributed by atoms with E-state index in [1.165, 1.54) is 24.8 Å². The first-order valence-corrected chi connectivity index (χ1v) is 6.76. The number of hydrazine groups is 1. The van der Waals surface area contributed by atoms with E-state index in [-0.39, 0.29) is 11.5 Å². The average Bonchev–Trinajstić information content (AvgIpc) is 2.81. The largest absolute Gasteiger partial charge is 0.275 e. The quantitative estimate of drug-likeness (QED) is 0.650. The molecule has 0 radical (unpaired) electrons. The van der Waals surface area contributed by atoms with Crippen molar-refractivity contribution in [3.05, 3.63) is 53.9 Å². The molecule has 3 N–H and O–H groups in total. The van der Waals surface area contributed by atoms with Crippen LogP contribution in [0.2, 0.25) is 0 Å². The molecule has 4 nitrogen and oxygen atoms in total. The zero-order chi connectivity index (χ0) is 13.3. The standard InChI is InChI=1S/C15H20N4/c1-19-11-12(10-17-19)14(18-16)15(8-5-9-15)13-6-3-2-4-7-13/h2-4,6-7,10-11,14,18H,5,8-9,16H2,1H3. The van der Waals surface area contributed by atoms with Gasteiger partial charge in [-0.25, -0.2) is 0 Å². The Morgan fingerprint density at radius 2 is 2.05 bits per heavy atom. The average molecular weight is 256 g/mol. The van der Waals surface area contributed by atoms with Crippen LogP contribution >= 0.6 is 0 Å². The molecule has 0 saturated heterocycles. The van der Waals surface area contributed by atoms with E-state index in [2.05, 4.69) is 40.9 Å². The topological polar surface area (TPSA) is 55.9 Å². The monoisotopic (exact) mass is 256 g/mol. The van der Waals surface area contributed by atoms with Gasteiger partial charge < -0.3 is 0 Å². The summed E-state index contributed by atoms with van der Waals surface area (Å²) in [6.07, 6.45) is 7.55. The summed E-state index contributed by atoms with van der Waals surface area (Å²) in [6.45, 7) is 0. The van der Waals surface area contributed by atoms with Crippen LogP contribution in [0.5, 0.6) is 0 Å². The second-order valence-corrected chi connectivity index (χ2v) is 5.42. The summed E-state index contributed by atoms with van der Waals surface area (Å²) in [5.41, 5.74) is 5.66. The molecule has 1 aliphatic rings. The summed E-state index contributed by atoms with van der Waals surface area (Å²) in [4.78, 5) is 0. The van der Waals surface area contributed by atoms with Crippen molar-refractivity contribution in [2.75, 3.05) is 0 Å². The van der Waals surface area contributed by atoms with E-state index in [0.717, 1.165) is 5.56 Å². The maximum Gasteiger partial charge on any atom is 0.0587 e. The highest BCUT2D eigenvalue weighted by atomic mass is 15.3. The first-order valence-electron chi connectivity index (χ1n) is 6.76. The number of hydrogen-bond acceptors (Lipinski definition) is 3. The lowest BCUT2D eigenvalue weighted by molar-refractivity contribution is 0.170. The number of nitrogens with zero attached hydrogens (tertiary/aromatic N) is 2. The van der Waals surface area contributed by atoms with Crippen molar-refractivity contribution in [2.45, 2.75) is 30.7 Å². The Labute approximate surface area is 113 Å². The third-order valence-corrected chi connectivity index (χ3v) is 4.37. The van der Waals surface area contributed by atoms with Crippen LogP contribution in [0.4, 0.5) is 0 Å². The molecular formula is C15H20N4. The second-order valence-electron chi connectivity index (χ2n) is 5.42. The van der Waals surface area contributed by atoms with Gasteiger partial charge in [-0.2, -0.15) is 5.10 Å². The van der Waals surface area contributed by atoms with Crippen LogP contribution in [0.3, 0.4) is 0 Å². The molecule has 0 aliphatic heterocycles. The third kappa shape index (κ3) is 1.97. The van der Waals surface area contributed by atoms with Crippen molar-refractivity contribution in [3.63, 3.8) is 0 Å². The third-order valence-electron chi connectivity index (χ3n) is 4.37. The van der Waals surface area contributed by atoms with Crippen LogP contribution in [0.15, 0.2) is 42.7 Å². The van der Waals surface area contributed by atoms with Gasteiger partial charge in [-0.1, -0.05) is 36.8 Å². The molecule has 4 heteroatoms. The van der Waals surface area contributed by atoms with E-state index >= 15 is 0 Å². The van der Waals surface area contributed by atoms with Crippen LogP contribution in [-0.4, -0.2) is 9.78 Å². The van der Waals surface area contributed by atoms with Gasteiger partial charge in [-0.3, -0.25) is 16.0 Å². The van der Waals surface area contributed by atoms with E-state index < -0.39 is 0 Å². The molecule has 1 fully saturated rings. The van der Waals surface area contributed by atoms with Crippen LogP contribution in [0.1, 0.15) is 36.4 Å². The highest BCUT2D eigenvalue weighted by Gasteiger charge is 2.46. The fourth-order valence-electron chi connectivity index (χ4n) is 3.24. The molecule has 0 amide bonds. The molecule has 1 unspecified atom stereocenters. The molecule has 1 aromatic heterocycles. The number of aryl methyl sites for hydroxylation is 1. The van der Waals surface area contributed by atoms with Gasteiger partial charge in [0, 0.05) is 24.2 Å². The van der Waals surface area contributed by atoms with Crippen molar-refractivity contribution in [3.8, 4) is 0 Å². The smallest absolute Gasteiger partial charge is 0.0587 e. The summed E-state index contributed by atoms with van der Waals surface area (Å²) in [7, 11) is 1.94. The first-order chi connectivity index (χ1) is 9.26. The van der Waals surface area contributed by atoms with Gasteiger partial charge in [0.1, 0.15) is 0 Å². The van der Waals surface area contributed by atoms with Gasteiger partial charge in [0.2, 0.25) is 0 Å². The normalized spacial score (nSPS) is 18.8. The van der Waals surface area contributed by atoms with Crippen LogP contribution in [-0.2, 0) is 12.5 Å². The molecular weight excluding hydrogens is 236 g/mol. The van der Waals surface area contributed by atoms with Crippen molar-refractivity contribution >= 4 is 0 Å². The molecule has 1 heterocycles. The number of nitrogens with one attached hydrogen (secondary N) is 1. The molecule has 1 aromatic carbocycles. The maximum absolute atomic E-state index is 5.86. The van der Waals surface area contributed by atoms with Crippen LogP contribution in [0.25, 0.3) is 0 Å². The van der Waals surface area contributed by atoms with Gasteiger partial charge in [0.05, 0.1) is 12.2 Å². The van der Waals surface area contributed by atoms with Gasteiger partial charge in [-0.05, 0) is 18.4 Å². The lowest BCUT2D eigenvalue weighted by Gasteiger charge is -2.48. The Bertz CT molecular complexity index is 542.